The van der Waals surface area contributed by atoms with Crippen LogP contribution in [-0.4, -0.2) is 18.0 Å². The van der Waals surface area contributed by atoms with Gasteiger partial charge in [0.1, 0.15) is 5.82 Å². The van der Waals surface area contributed by atoms with E-state index < -0.39 is 23.8 Å². The summed E-state index contributed by atoms with van der Waals surface area (Å²) in [4.78, 5) is 23.6. The number of nitrogens with one attached hydrogen (secondary N) is 1. The van der Waals surface area contributed by atoms with Gasteiger partial charge in [0.2, 0.25) is 0 Å². The molecule has 7 heteroatoms. The third kappa shape index (κ3) is 5.19. The number of hydrogen-bond donors (Lipinski definition) is 1. The highest BCUT2D eigenvalue weighted by atomic mass is 35.5. The van der Waals surface area contributed by atoms with Gasteiger partial charge in [0.25, 0.3) is 5.91 Å². The first kappa shape index (κ1) is 17.2. The average Bonchev–Trinajstić information content (AvgIpc) is 3.01. The van der Waals surface area contributed by atoms with Crippen molar-refractivity contribution in [1.82, 2.24) is 0 Å². The standard InChI is InChI=1S/C16H13ClFNO3S/c1-10(22-15(20)5-2-11-6-7-23-9-11)16(21)19-14-4-3-12(18)8-13(14)17/h2-10H,1H3,(H,19,21)/b5-2+. The Kier molecular flexibility index (Phi) is 5.90. The Hall–Kier alpha value is -2.18. The van der Waals surface area contributed by atoms with Crippen molar-refractivity contribution in [2.24, 2.45) is 0 Å². The maximum atomic E-state index is 12.9. The van der Waals surface area contributed by atoms with Crippen LogP contribution in [0.1, 0.15) is 12.5 Å². The fourth-order valence-electron chi connectivity index (χ4n) is 1.63. The molecular weight excluding hydrogens is 341 g/mol. The lowest BCUT2D eigenvalue weighted by molar-refractivity contribution is -0.148. The van der Waals surface area contributed by atoms with Gasteiger partial charge in [0.15, 0.2) is 6.10 Å². The van der Waals surface area contributed by atoms with Gasteiger partial charge in [-0.2, -0.15) is 11.3 Å². The fraction of sp³-hybridized carbons (Fsp3) is 0.125. The van der Waals surface area contributed by atoms with Gasteiger partial charge in [-0.25, -0.2) is 9.18 Å². The van der Waals surface area contributed by atoms with E-state index in [1.165, 1.54) is 36.5 Å². The zero-order chi connectivity index (χ0) is 16.8. The topological polar surface area (TPSA) is 55.4 Å². The summed E-state index contributed by atoms with van der Waals surface area (Å²) in [5.41, 5.74) is 1.12. The van der Waals surface area contributed by atoms with Crippen molar-refractivity contribution in [3.63, 3.8) is 0 Å². The van der Waals surface area contributed by atoms with Gasteiger partial charge < -0.3 is 10.1 Å². The van der Waals surface area contributed by atoms with E-state index in [9.17, 15) is 14.0 Å². The van der Waals surface area contributed by atoms with Gasteiger partial charge in [-0.05, 0) is 53.6 Å². The number of anilines is 1. The summed E-state index contributed by atoms with van der Waals surface area (Å²) in [5.74, 6) is -1.70. The van der Waals surface area contributed by atoms with E-state index in [0.29, 0.717) is 0 Å². The van der Waals surface area contributed by atoms with Crippen molar-refractivity contribution < 1.29 is 18.7 Å². The van der Waals surface area contributed by atoms with Crippen LogP contribution in [0.25, 0.3) is 6.08 Å². The SMILES string of the molecule is CC(OC(=O)/C=C/c1ccsc1)C(=O)Nc1ccc(F)cc1Cl. The fourth-order valence-corrected chi connectivity index (χ4v) is 2.47. The highest BCUT2D eigenvalue weighted by molar-refractivity contribution is 7.08. The molecule has 2 aromatic rings. The summed E-state index contributed by atoms with van der Waals surface area (Å²) >= 11 is 7.33. The zero-order valence-corrected chi connectivity index (χ0v) is 13.7. The molecular formula is C16H13ClFNO3S. The second kappa shape index (κ2) is 7.89. The Labute approximate surface area is 141 Å². The van der Waals surface area contributed by atoms with Gasteiger partial charge in [-0.15, -0.1) is 0 Å². The average molecular weight is 354 g/mol. The Bertz CT molecular complexity index is 731. The number of benzene rings is 1. The molecule has 120 valence electrons. The zero-order valence-electron chi connectivity index (χ0n) is 12.1. The lowest BCUT2D eigenvalue weighted by atomic mass is 10.3. The van der Waals surface area contributed by atoms with Gasteiger partial charge in [-0.3, -0.25) is 4.79 Å². The van der Waals surface area contributed by atoms with E-state index >= 15 is 0 Å². The van der Waals surface area contributed by atoms with Crippen LogP contribution in [0, 0.1) is 5.82 Å². The second-order valence-electron chi connectivity index (χ2n) is 4.58. The van der Waals surface area contributed by atoms with Crippen LogP contribution in [-0.2, 0) is 14.3 Å². The van der Waals surface area contributed by atoms with Crippen molar-refractivity contribution in [2.75, 3.05) is 5.32 Å². The third-order valence-corrected chi connectivity index (χ3v) is 3.82. The minimum absolute atomic E-state index is 0.0641. The van der Waals surface area contributed by atoms with Crippen LogP contribution in [0.2, 0.25) is 5.02 Å². The molecule has 1 amide bonds. The molecule has 1 aromatic heterocycles. The van der Waals surface area contributed by atoms with Crippen molar-refractivity contribution in [3.05, 3.63) is 57.5 Å². The van der Waals surface area contributed by atoms with Crippen molar-refractivity contribution in [1.29, 1.82) is 0 Å². The predicted molar refractivity (Wildman–Crippen MR) is 88.9 cm³/mol. The molecule has 0 saturated heterocycles. The van der Waals surface area contributed by atoms with Crippen LogP contribution in [0.5, 0.6) is 0 Å². The lowest BCUT2D eigenvalue weighted by Gasteiger charge is -2.13. The van der Waals surface area contributed by atoms with E-state index in [0.717, 1.165) is 11.6 Å². The van der Waals surface area contributed by atoms with Gasteiger partial charge in [-0.1, -0.05) is 11.6 Å². The molecule has 0 radical (unpaired) electrons. The Morgan fingerprint density at radius 3 is 2.83 bits per heavy atom. The number of halogens is 2. The molecule has 1 N–H and O–H groups in total. The van der Waals surface area contributed by atoms with Gasteiger partial charge in [0, 0.05) is 6.08 Å². The minimum Gasteiger partial charge on any atom is -0.449 e. The van der Waals surface area contributed by atoms with E-state index in [1.807, 2.05) is 16.8 Å². The van der Waals surface area contributed by atoms with Crippen molar-refractivity contribution in [2.45, 2.75) is 13.0 Å². The van der Waals surface area contributed by atoms with Gasteiger partial charge in [0.05, 0.1) is 10.7 Å². The van der Waals surface area contributed by atoms with Crippen LogP contribution >= 0.6 is 22.9 Å². The largest absolute Gasteiger partial charge is 0.449 e. The molecule has 1 atom stereocenters. The number of carbonyl (C=O) groups excluding carboxylic acids is 2. The number of amides is 1. The normalized spacial score (nSPS) is 12.1. The molecule has 0 saturated carbocycles. The number of hydrogen-bond acceptors (Lipinski definition) is 4. The Morgan fingerprint density at radius 2 is 2.17 bits per heavy atom. The minimum atomic E-state index is -1.02. The number of esters is 1. The third-order valence-electron chi connectivity index (χ3n) is 2.81. The monoisotopic (exact) mass is 353 g/mol. The molecule has 0 aliphatic carbocycles. The van der Waals surface area contributed by atoms with Crippen LogP contribution < -0.4 is 5.32 Å². The number of thiophene rings is 1. The molecule has 0 aliphatic heterocycles. The van der Waals surface area contributed by atoms with E-state index in [2.05, 4.69) is 5.32 Å². The van der Waals surface area contributed by atoms with E-state index in [4.69, 9.17) is 16.3 Å². The number of ether oxygens (including phenoxy) is 1. The molecule has 4 nitrogen and oxygen atoms in total. The summed E-state index contributed by atoms with van der Waals surface area (Å²) in [6.45, 7) is 1.43. The van der Waals surface area contributed by atoms with E-state index in [1.54, 1.807) is 6.08 Å². The summed E-state index contributed by atoms with van der Waals surface area (Å²) in [5, 5.41) is 6.29. The first-order valence-corrected chi connectivity index (χ1v) is 7.94. The highest BCUT2D eigenvalue weighted by Gasteiger charge is 2.17. The molecule has 0 spiro atoms. The summed E-state index contributed by atoms with van der Waals surface area (Å²) < 4.78 is 17.9. The second-order valence-corrected chi connectivity index (χ2v) is 5.77. The molecule has 0 fully saturated rings. The summed E-state index contributed by atoms with van der Waals surface area (Å²) in [7, 11) is 0. The molecule has 1 unspecified atom stereocenters. The smallest absolute Gasteiger partial charge is 0.331 e. The Balaban J connectivity index is 1.90. The van der Waals surface area contributed by atoms with E-state index in [-0.39, 0.29) is 10.7 Å². The molecule has 1 heterocycles. The first-order valence-electron chi connectivity index (χ1n) is 6.62. The number of rotatable bonds is 5. The molecule has 2 rings (SSSR count). The quantitative estimate of drug-likeness (QED) is 0.649. The molecule has 23 heavy (non-hydrogen) atoms. The molecule has 0 aliphatic rings. The van der Waals surface area contributed by atoms with Crippen molar-refractivity contribution in [3.8, 4) is 0 Å². The van der Waals surface area contributed by atoms with Crippen LogP contribution in [0.3, 0.4) is 0 Å². The summed E-state index contributed by atoms with van der Waals surface area (Å²) in [6.07, 6.45) is 1.83. The van der Waals surface area contributed by atoms with Crippen LogP contribution in [0.4, 0.5) is 10.1 Å². The Morgan fingerprint density at radius 1 is 1.39 bits per heavy atom. The maximum Gasteiger partial charge on any atom is 0.331 e. The molecule has 1 aromatic carbocycles. The maximum absolute atomic E-state index is 12.9. The molecule has 0 bridgehead atoms. The van der Waals surface area contributed by atoms with Crippen molar-refractivity contribution >= 4 is 46.6 Å². The predicted octanol–water partition coefficient (Wildman–Crippen LogP) is 4.12. The summed E-state index contributed by atoms with van der Waals surface area (Å²) in [6, 6.07) is 5.43. The number of carbonyl (C=O) groups is 2. The lowest BCUT2D eigenvalue weighted by Crippen LogP contribution is -2.29. The van der Waals surface area contributed by atoms with Crippen LogP contribution in [0.15, 0.2) is 41.1 Å². The highest BCUT2D eigenvalue weighted by Crippen LogP contribution is 2.22. The van der Waals surface area contributed by atoms with Gasteiger partial charge >= 0.3 is 5.97 Å². The first-order chi connectivity index (χ1) is 11.0.